The number of benzene rings is 1. The number of urea groups is 1. The smallest absolute Gasteiger partial charge is 0.355 e. The molecular weight excluding hydrogens is 545 g/mol. The van der Waals surface area contributed by atoms with Crippen molar-refractivity contribution < 1.29 is 18.0 Å². The number of anilines is 2. The molecular formula is C27H30ClF3N8O. The first kappa shape index (κ1) is 29.1. The molecule has 0 aliphatic carbocycles. The fraction of sp³-hybridized carbons (Fsp3) is 0.333. The number of halogens is 4. The average Bonchev–Trinajstić information content (AvgIpc) is 3.35. The summed E-state index contributed by atoms with van der Waals surface area (Å²) >= 11 is 0. The van der Waals surface area contributed by atoms with Crippen molar-refractivity contribution in [3.05, 3.63) is 60.9 Å². The van der Waals surface area contributed by atoms with Crippen LogP contribution in [0.1, 0.15) is 12.8 Å². The van der Waals surface area contributed by atoms with Gasteiger partial charge >= 0.3 is 12.2 Å². The highest BCUT2D eigenvalue weighted by molar-refractivity contribution is 5.90. The van der Waals surface area contributed by atoms with Gasteiger partial charge in [0, 0.05) is 42.1 Å². The Balaban J connectivity index is 0.00000370. The van der Waals surface area contributed by atoms with Crippen LogP contribution >= 0.6 is 12.4 Å². The van der Waals surface area contributed by atoms with Crippen LogP contribution < -0.4 is 15.5 Å². The van der Waals surface area contributed by atoms with E-state index >= 15 is 0 Å². The molecule has 1 fully saturated rings. The van der Waals surface area contributed by atoms with Crippen LogP contribution in [-0.4, -0.2) is 76.5 Å². The maximum Gasteiger partial charge on any atom is 0.405 e. The largest absolute Gasteiger partial charge is 0.405 e. The number of hydrogen-bond donors (Lipinski definition) is 2. The summed E-state index contributed by atoms with van der Waals surface area (Å²) in [5.41, 5.74) is 4.18. The molecule has 0 bridgehead atoms. The van der Waals surface area contributed by atoms with Crippen LogP contribution in [0.3, 0.4) is 0 Å². The molecule has 0 radical (unpaired) electrons. The third-order valence-electron chi connectivity index (χ3n) is 6.84. The molecule has 2 N–H and O–H groups in total. The van der Waals surface area contributed by atoms with E-state index in [2.05, 4.69) is 44.4 Å². The molecule has 5 rings (SSSR count). The average molecular weight is 575 g/mol. The van der Waals surface area contributed by atoms with Gasteiger partial charge in [0.05, 0.1) is 17.6 Å². The zero-order valence-electron chi connectivity index (χ0n) is 22.0. The van der Waals surface area contributed by atoms with Gasteiger partial charge < -0.3 is 20.4 Å². The number of carbonyl (C=O) groups excluding carboxylic acids is 1. The van der Waals surface area contributed by atoms with Crippen molar-refractivity contribution in [3.8, 4) is 22.5 Å². The van der Waals surface area contributed by atoms with Crippen LogP contribution in [0.4, 0.5) is 29.5 Å². The van der Waals surface area contributed by atoms with Gasteiger partial charge in [0.1, 0.15) is 12.2 Å². The third kappa shape index (κ3) is 6.80. The highest BCUT2D eigenvalue weighted by atomic mass is 35.5. The lowest BCUT2D eigenvalue weighted by Crippen LogP contribution is -2.42. The molecule has 13 heteroatoms. The highest BCUT2D eigenvalue weighted by Crippen LogP contribution is 2.27. The van der Waals surface area contributed by atoms with Gasteiger partial charge in [-0.05, 0) is 63.3 Å². The van der Waals surface area contributed by atoms with Crippen LogP contribution in [0.15, 0.2) is 60.9 Å². The molecule has 2 amide bonds. The van der Waals surface area contributed by atoms with E-state index in [0.717, 1.165) is 54.3 Å². The summed E-state index contributed by atoms with van der Waals surface area (Å²) in [5.74, 6) is 0.876. The van der Waals surface area contributed by atoms with Crippen LogP contribution in [0.2, 0.25) is 0 Å². The van der Waals surface area contributed by atoms with Gasteiger partial charge in [-0.1, -0.05) is 12.1 Å². The maximum absolute atomic E-state index is 12.4. The molecule has 1 aromatic carbocycles. The highest BCUT2D eigenvalue weighted by Gasteiger charge is 2.27. The van der Waals surface area contributed by atoms with E-state index < -0.39 is 18.8 Å². The Labute approximate surface area is 235 Å². The van der Waals surface area contributed by atoms with E-state index in [1.54, 1.807) is 29.7 Å². The van der Waals surface area contributed by atoms with Crippen molar-refractivity contribution in [2.45, 2.75) is 25.1 Å². The number of hydrogen-bond acceptors (Lipinski definition) is 6. The Hall–Kier alpha value is -3.90. The van der Waals surface area contributed by atoms with E-state index in [-0.39, 0.29) is 12.4 Å². The summed E-state index contributed by atoms with van der Waals surface area (Å²) in [6.07, 6.45) is 1.30. The van der Waals surface area contributed by atoms with Crippen molar-refractivity contribution in [2.75, 3.05) is 43.9 Å². The molecule has 1 aliphatic heterocycles. The normalized spacial score (nSPS) is 14.3. The first-order chi connectivity index (χ1) is 18.7. The Morgan fingerprint density at radius 2 is 1.82 bits per heavy atom. The van der Waals surface area contributed by atoms with Gasteiger partial charge in [-0.3, -0.25) is 4.40 Å². The minimum atomic E-state index is -4.48. The number of amides is 2. The van der Waals surface area contributed by atoms with E-state index in [0.29, 0.717) is 17.4 Å². The number of carbonyl (C=O) groups is 1. The lowest BCUT2D eigenvalue weighted by Gasteiger charge is -2.35. The fourth-order valence-corrected chi connectivity index (χ4v) is 4.72. The maximum atomic E-state index is 12.4. The number of piperidine rings is 1. The van der Waals surface area contributed by atoms with E-state index in [9.17, 15) is 18.0 Å². The van der Waals surface area contributed by atoms with Crippen molar-refractivity contribution in [3.63, 3.8) is 0 Å². The Morgan fingerprint density at radius 3 is 2.50 bits per heavy atom. The van der Waals surface area contributed by atoms with Crippen molar-refractivity contribution in [1.29, 1.82) is 0 Å². The molecule has 9 nitrogen and oxygen atoms in total. The minimum Gasteiger partial charge on any atom is -0.355 e. The lowest BCUT2D eigenvalue weighted by molar-refractivity contribution is -0.122. The number of pyridine rings is 1. The molecule has 40 heavy (non-hydrogen) atoms. The van der Waals surface area contributed by atoms with E-state index in [1.165, 1.54) is 0 Å². The quantitative estimate of drug-likeness (QED) is 0.333. The Bertz CT molecular complexity index is 1450. The van der Waals surface area contributed by atoms with Crippen molar-refractivity contribution in [2.24, 2.45) is 0 Å². The van der Waals surface area contributed by atoms with Gasteiger partial charge in [-0.15, -0.1) is 22.6 Å². The molecule has 0 atom stereocenters. The summed E-state index contributed by atoms with van der Waals surface area (Å²) in [4.78, 5) is 20.9. The van der Waals surface area contributed by atoms with E-state index in [4.69, 9.17) is 0 Å². The molecule has 4 aromatic rings. The van der Waals surface area contributed by atoms with Crippen molar-refractivity contribution in [1.82, 2.24) is 29.8 Å². The second-order valence-corrected chi connectivity index (χ2v) is 9.75. The summed E-state index contributed by atoms with van der Waals surface area (Å²) in [5, 5.41) is 13.2. The first-order valence-corrected chi connectivity index (χ1v) is 12.6. The summed E-state index contributed by atoms with van der Waals surface area (Å²) in [6, 6.07) is 14.3. The predicted octanol–water partition coefficient (Wildman–Crippen LogP) is 5.09. The SMILES string of the molecule is CN(C)C1CCN(c2ccc(-c3ccn4c(-c5cccc(NC(=O)NCC(F)(F)F)c5)cnc4c3)nn2)CC1.Cl. The topological polar surface area (TPSA) is 90.7 Å². The molecule has 4 heterocycles. The van der Waals surface area contributed by atoms with Crippen LogP contribution in [0, 0.1) is 0 Å². The lowest BCUT2D eigenvalue weighted by atomic mass is 10.0. The van der Waals surface area contributed by atoms with Crippen LogP contribution in [0.25, 0.3) is 28.2 Å². The Morgan fingerprint density at radius 1 is 1.05 bits per heavy atom. The Kier molecular flexibility index (Phi) is 8.79. The van der Waals surface area contributed by atoms with Crippen LogP contribution in [-0.2, 0) is 0 Å². The fourth-order valence-electron chi connectivity index (χ4n) is 4.72. The number of nitrogens with zero attached hydrogens (tertiary/aromatic N) is 6. The standard InChI is InChI=1S/C27H29F3N8O.ClH/c1-36(2)21-9-11-37(12-10-21)24-7-6-22(34-35-24)18-8-13-38-23(16-31-25(38)15-18)19-4-3-5-20(14-19)33-26(39)32-17-27(28,29)30;/h3-8,13-16,21H,9-12,17H2,1-2H3,(H2,32,33,39);1H. The van der Waals surface area contributed by atoms with Gasteiger partial charge in [0.2, 0.25) is 0 Å². The molecule has 1 saturated heterocycles. The second-order valence-electron chi connectivity index (χ2n) is 9.75. The van der Waals surface area contributed by atoms with E-state index in [1.807, 2.05) is 40.9 Å². The number of alkyl halides is 3. The predicted molar refractivity (Wildman–Crippen MR) is 151 cm³/mol. The minimum absolute atomic E-state index is 0. The molecule has 0 saturated carbocycles. The molecule has 212 valence electrons. The van der Waals surface area contributed by atoms with Crippen molar-refractivity contribution >= 4 is 35.6 Å². The molecule has 1 aliphatic rings. The van der Waals surface area contributed by atoms with Gasteiger partial charge in [0.15, 0.2) is 5.82 Å². The summed E-state index contributed by atoms with van der Waals surface area (Å²) in [6.45, 7) is 0.500. The first-order valence-electron chi connectivity index (χ1n) is 12.6. The summed E-state index contributed by atoms with van der Waals surface area (Å²) in [7, 11) is 4.24. The number of rotatable bonds is 6. The second kappa shape index (κ2) is 12.1. The summed E-state index contributed by atoms with van der Waals surface area (Å²) < 4.78 is 39.0. The van der Waals surface area contributed by atoms with Gasteiger partial charge in [-0.2, -0.15) is 13.2 Å². The molecule has 0 unspecified atom stereocenters. The zero-order chi connectivity index (χ0) is 27.6. The number of nitrogens with one attached hydrogen (secondary N) is 2. The monoisotopic (exact) mass is 574 g/mol. The molecule has 3 aromatic heterocycles. The number of imidazole rings is 1. The van der Waals surface area contributed by atoms with Crippen LogP contribution in [0.5, 0.6) is 0 Å². The van der Waals surface area contributed by atoms with Gasteiger partial charge in [0.25, 0.3) is 0 Å². The zero-order valence-corrected chi connectivity index (χ0v) is 22.8. The number of aromatic nitrogens is 4. The molecule has 0 spiro atoms. The third-order valence-corrected chi connectivity index (χ3v) is 6.84. The van der Waals surface area contributed by atoms with Gasteiger partial charge in [-0.25, -0.2) is 9.78 Å². The number of fused-ring (bicyclic) bond motifs is 1.